The Morgan fingerprint density at radius 3 is 2.71 bits per heavy atom. The number of ether oxygens (including phenoxy) is 2. The van der Waals surface area contributed by atoms with E-state index in [0.717, 1.165) is 32.1 Å². The van der Waals surface area contributed by atoms with Crippen LogP contribution in [0.4, 0.5) is 4.79 Å². The summed E-state index contributed by atoms with van der Waals surface area (Å²) >= 11 is 5.34. The largest absolute Gasteiger partial charge is 0.450 e. The van der Waals surface area contributed by atoms with Crippen LogP contribution in [0.15, 0.2) is 23.8 Å². The van der Waals surface area contributed by atoms with Gasteiger partial charge in [-0.05, 0) is 56.8 Å². The number of hydrogen-bond donors (Lipinski definition) is 1. The van der Waals surface area contributed by atoms with Gasteiger partial charge in [-0.25, -0.2) is 4.79 Å². The van der Waals surface area contributed by atoms with E-state index in [1.165, 1.54) is 5.57 Å². The summed E-state index contributed by atoms with van der Waals surface area (Å²) in [6.07, 6.45) is 12.2. The number of aliphatic hydroxyl groups excluding tert-OH is 1. The normalized spacial score (nSPS) is 40.4. The van der Waals surface area contributed by atoms with Crippen molar-refractivity contribution in [3.05, 3.63) is 23.8 Å². The number of halogens is 1. The summed E-state index contributed by atoms with van der Waals surface area (Å²) in [5, 5.41) is 11.6. The standard InChI is InChI=1S/C27H37ClO6/c1-4-5-9-22(31)34-27(21(30)16-33-24(28)32)14-12-19-18-11-10-17-8-6-7-13-25(17,2)23(18)20(29)15-26(19,27)3/h7-8,13,18-20,23,29H,4-6,9-12,14-16H2,1-3H3. The third-order valence-electron chi connectivity index (χ3n) is 9.46. The second-order valence-corrected chi connectivity index (χ2v) is 11.4. The van der Waals surface area contributed by atoms with Crippen LogP contribution in [0.5, 0.6) is 0 Å². The summed E-state index contributed by atoms with van der Waals surface area (Å²) in [7, 11) is 0. The van der Waals surface area contributed by atoms with E-state index in [1.54, 1.807) is 0 Å². The lowest BCUT2D eigenvalue weighted by Gasteiger charge is -2.60. The van der Waals surface area contributed by atoms with Crippen molar-refractivity contribution in [2.75, 3.05) is 6.61 Å². The molecule has 34 heavy (non-hydrogen) atoms. The maximum atomic E-state index is 13.6. The van der Waals surface area contributed by atoms with Gasteiger partial charge in [0.05, 0.1) is 6.10 Å². The van der Waals surface area contributed by atoms with Crippen LogP contribution in [0, 0.1) is 28.6 Å². The number of carbonyl (C=O) groups excluding carboxylic acids is 3. The van der Waals surface area contributed by atoms with Crippen molar-refractivity contribution >= 4 is 28.8 Å². The van der Waals surface area contributed by atoms with Gasteiger partial charge in [0.2, 0.25) is 5.78 Å². The molecule has 1 N–H and O–H groups in total. The number of carbonyl (C=O) groups is 3. The van der Waals surface area contributed by atoms with Crippen LogP contribution >= 0.6 is 11.6 Å². The fraction of sp³-hybridized carbons (Fsp3) is 0.741. The molecule has 0 saturated heterocycles. The molecule has 4 aliphatic rings. The zero-order valence-corrected chi connectivity index (χ0v) is 21.2. The SMILES string of the molecule is CCCCC(=O)OC1(C(=O)COC(=O)Cl)CCC2C3CCC4=CCC=CC4(C)C3C(O)CC21C. The highest BCUT2D eigenvalue weighted by molar-refractivity contribution is 6.61. The van der Waals surface area contributed by atoms with Gasteiger partial charge < -0.3 is 14.6 Å². The first kappa shape index (κ1) is 25.4. The van der Waals surface area contributed by atoms with E-state index in [1.807, 2.05) is 13.8 Å². The lowest BCUT2D eigenvalue weighted by Crippen LogP contribution is -2.63. The van der Waals surface area contributed by atoms with Crippen LogP contribution in [0.3, 0.4) is 0 Å². The molecule has 4 aliphatic carbocycles. The van der Waals surface area contributed by atoms with Gasteiger partial charge in [-0.1, -0.05) is 51.0 Å². The third kappa shape index (κ3) is 3.95. The molecule has 0 aromatic carbocycles. The van der Waals surface area contributed by atoms with Crippen LogP contribution in [0.2, 0.25) is 0 Å². The molecule has 0 heterocycles. The molecule has 4 rings (SSSR count). The number of unbranched alkanes of at least 4 members (excludes halogenated alkanes) is 1. The zero-order valence-electron chi connectivity index (χ0n) is 20.5. The van der Waals surface area contributed by atoms with Gasteiger partial charge in [0, 0.05) is 34.8 Å². The highest BCUT2D eigenvalue weighted by Crippen LogP contribution is 2.68. The molecule has 0 spiro atoms. The van der Waals surface area contributed by atoms with Gasteiger partial charge in [-0.2, -0.15) is 0 Å². The predicted octanol–water partition coefficient (Wildman–Crippen LogP) is 5.50. The molecule has 7 atom stereocenters. The van der Waals surface area contributed by atoms with Crippen molar-refractivity contribution in [2.24, 2.45) is 28.6 Å². The fourth-order valence-corrected chi connectivity index (χ4v) is 8.00. The molecule has 6 nitrogen and oxygen atoms in total. The van der Waals surface area contributed by atoms with Crippen LogP contribution in [-0.2, 0) is 19.1 Å². The monoisotopic (exact) mass is 492 g/mol. The van der Waals surface area contributed by atoms with Gasteiger partial charge in [0.25, 0.3) is 0 Å². The first-order valence-corrected chi connectivity index (χ1v) is 13.1. The van der Waals surface area contributed by atoms with Gasteiger partial charge in [0.15, 0.2) is 12.2 Å². The number of aliphatic hydroxyl groups is 1. The Labute approximate surface area is 207 Å². The maximum Gasteiger partial charge on any atom is 0.404 e. The quantitative estimate of drug-likeness (QED) is 0.286. The molecule has 188 valence electrons. The average molecular weight is 493 g/mol. The van der Waals surface area contributed by atoms with E-state index in [-0.39, 0.29) is 29.6 Å². The van der Waals surface area contributed by atoms with E-state index in [9.17, 15) is 19.5 Å². The van der Waals surface area contributed by atoms with Crippen LogP contribution in [-0.4, -0.2) is 40.6 Å². The van der Waals surface area contributed by atoms with Crippen LogP contribution in [0.25, 0.3) is 0 Å². The number of Topliss-reactive ketones (excluding diaryl/α,β-unsaturated/α-hetero) is 1. The van der Waals surface area contributed by atoms with E-state index in [0.29, 0.717) is 19.3 Å². The molecule has 3 saturated carbocycles. The topological polar surface area (TPSA) is 89.9 Å². The fourth-order valence-electron chi connectivity index (χ4n) is 7.94. The molecular formula is C27H37ClO6. The molecule has 0 bridgehead atoms. The molecule has 0 aliphatic heterocycles. The Balaban J connectivity index is 1.70. The lowest BCUT2D eigenvalue weighted by molar-refractivity contribution is -0.200. The molecular weight excluding hydrogens is 456 g/mol. The minimum atomic E-state index is -1.43. The summed E-state index contributed by atoms with van der Waals surface area (Å²) in [6.45, 7) is 5.67. The number of rotatable bonds is 7. The van der Waals surface area contributed by atoms with Crippen molar-refractivity contribution in [3.8, 4) is 0 Å². The number of ketones is 1. The van der Waals surface area contributed by atoms with Gasteiger partial charge in [0.1, 0.15) is 0 Å². The molecule has 3 fully saturated rings. The Kier molecular flexibility index (Phi) is 7.05. The second kappa shape index (κ2) is 9.42. The van der Waals surface area contributed by atoms with E-state index in [4.69, 9.17) is 21.1 Å². The summed E-state index contributed by atoms with van der Waals surface area (Å²) in [4.78, 5) is 37.7. The number of hydrogen-bond acceptors (Lipinski definition) is 6. The summed E-state index contributed by atoms with van der Waals surface area (Å²) in [5.74, 6) is -0.476. The third-order valence-corrected chi connectivity index (χ3v) is 9.57. The van der Waals surface area contributed by atoms with Crippen molar-refractivity contribution in [2.45, 2.75) is 90.3 Å². The number of esters is 1. The molecule has 0 amide bonds. The van der Waals surface area contributed by atoms with Crippen molar-refractivity contribution in [1.82, 2.24) is 0 Å². The summed E-state index contributed by atoms with van der Waals surface area (Å²) in [5.41, 5.74) is -2.03. The average Bonchev–Trinajstić information content (AvgIpc) is 3.07. The van der Waals surface area contributed by atoms with Crippen molar-refractivity contribution in [1.29, 1.82) is 0 Å². The smallest absolute Gasteiger partial charge is 0.404 e. The molecule has 0 aromatic rings. The molecule has 7 heteroatoms. The van der Waals surface area contributed by atoms with E-state index < -0.39 is 40.9 Å². The maximum absolute atomic E-state index is 13.6. The van der Waals surface area contributed by atoms with Gasteiger partial charge in [-0.15, -0.1) is 0 Å². The predicted molar refractivity (Wildman–Crippen MR) is 128 cm³/mol. The van der Waals surface area contributed by atoms with E-state index >= 15 is 0 Å². The lowest BCUT2D eigenvalue weighted by atomic mass is 9.46. The zero-order chi connectivity index (χ0) is 24.7. The van der Waals surface area contributed by atoms with Crippen LogP contribution in [0.1, 0.15) is 78.6 Å². The highest BCUT2D eigenvalue weighted by Gasteiger charge is 2.70. The van der Waals surface area contributed by atoms with E-state index in [2.05, 4.69) is 25.2 Å². The molecule has 0 radical (unpaired) electrons. The van der Waals surface area contributed by atoms with Gasteiger partial charge in [-0.3, -0.25) is 9.59 Å². The Morgan fingerprint density at radius 2 is 2.00 bits per heavy atom. The minimum absolute atomic E-state index is 0.0597. The molecule has 7 unspecified atom stereocenters. The number of fused-ring (bicyclic) bond motifs is 5. The number of allylic oxidation sites excluding steroid dienone is 4. The summed E-state index contributed by atoms with van der Waals surface area (Å²) in [6, 6.07) is 0. The second-order valence-electron chi connectivity index (χ2n) is 11.1. The first-order valence-electron chi connectivity index (χ1n) is 12.7. The van der Waals surface area contributed by atoms with Crippen LogP contribution < -0.4 is 0 Å². The Bertz CT molecular complexity index is 911. The van der Waals surface area contributed by atoms with Crippen molar-refractivity contribution in [3.63, 3.8) is 0 Å². The molecule has 0 aromatic heterocycles. The van der Waals surface area contributed by atoms with Crippen molar-refractivity contribution < 1.29 is 29.0 Å². The Morgan fingerprint density at radius 1 is 1.24 bits per heavy atom. The Hall–Kier alpha value is -1.66. The van der Waals surface area contributed by atoms with Gasteiger partial charge >= 0.3 is 11.4 Å². The highest BCUT2D eigenvalue weighted by atomic mass is 35.5. The first-order chi connectivity index (χ1) is 16.1. The summed E-state index contributed by atoms with van der Waals surface area (Å²) < 4.78 is 10.9. The minimum Gasteiger partial charge on any atom is -0.450 e.